The summed E-state index contributed by atoms with van der Waals surface area (Å²) >= 11 is 0. The highest BCUT2D eigenvalue weighted by Crippen LogP contribution is 2.30. The lowest BCUT2D eigenvalue weighted by Gasteiger charge is -2.21. The molecule has 0 bridgehead atoms. The maximum Gasteiger partial charge on any atom is 0.334 e. The normalized spacial score (nSPS) is 22.5. The molecular weight excluding hydrogens is 196 g/mol. The van der Waals surface area contributed by atoms with E-state index >= 15 is 0 Å². The summed E-state index contributed by atoms with van der Waals surface area (Å²) in [5.41, 5.74) is -0.535. The van der Waals surface area contributed by atoms with E-state index in [0.29, 0.717) is 17.9 Å². The minimum absolute atomic E-state index is 0.297. The molecule has 4 heteroatoms. The summed E-state index contributed by atoms with van der Waals surface area (Å²) in [4.78, 5) is 11.4. The number of aliphatic hydroxyl groups excluding tert-OH is 2. The van der Waals surface area contributed by atoms with E-state index in [1.807, 2.05) is 6.08 Å². The Morgan fingerprint density at radius 1 is 1.47 bits per heavy atom. The fourth-order valence-electron chi connectivity index (χ4n) is 1.48. The van der Waals surface area contributed by atoms with Gasteiger partial charge in [-0.1, -0.05) is 19.9 Å². The molecule has 1 fully saturated rings. The molecule has 1 heterocycles. The summed E-state index contributed by atoms with van der Waals surface area (Å²) in [6.07, 6.45) is 2.93. The summed E-state index contributed by atoms with van der Waals surface area (Å²) in [6, 6.07) is 0. The molecule has 0 aliphatic carbocycles. The highest BCUT2D eigenvalue weighted by molar-refractivity contribution is 5.91. The van der Waals surface area contributed by atoms with Crippen molar-refractivity contribution in [3.63, 3.8) is 0 Å². The van der Waals surface area contributed by atoms with Crippen LogP contribution in [0.1, 0.15) is 26.7 Å². The largest absolute Gasteiger partial charge is 0.450 e. The van der Waals surface area contributed by atoms with Crippen molar-refractivity contribution in [1.82, 2.24) is 0 Å². The van der Waals surface area contributed by atoms with Crippen molar-refractivity contribution in [2.75, 3.05) is 13.2 Å². The first-order valence-electron chi connectivity index (χ1n) is 5.17. The predicted octanol–water partition coefficient (Wildman–Crippen LogP) is 0.629. The van der Waals surface area contributed by atoms with E-state index in [1.165, 1.54) is 0 Å². The van der Waals surface area contributed by atoms with Gasteiger partial charge in [0.05, 0.1) is 13.2 Å². The van der Waals surface area contributed by atoms with Gasteiger partial charge in [-0.05, 0) is 12.3 Å². The Labute approximate surface area is 89.6 Å². The number of ether oxygens (including phenoxy) is 1. The minimum atomic E-state index is -1.10. The number of hydrogen-bond donors (Lipinski definition) is 2. The molecule has 1 aliphatic heterocycles. The maximum absolute atomic E-state index is 11.4. The lowest BCUT2D eigenvalue weighted by molar-refractivity contribution is -0.154. The first-order valence-corrected chi connectivity index (χ1v) is 5.17. The maximum atomic E-state index is 11.4. The second-order valence-electron chi connectivity index (χ2n) is 4.42. The van der Waals surface area contributed by atoms with Crippen molar-refractivity contribution in [2.24, 2.45) is 5.92 Å². The Bertz CT molecular complexity index is 264. The van der Waals surface area contributed by atoms with Crippen molar-refractivity contribution in [3.05, 3.63) is 11.6 Å². The molecule has 0 radical (unpaired) electrons. The highest BCUT2D eigenvalue weighted by Gasteiger charge is 2.42. The zero-order valence-corrected chi connectivity index (χ0v) is 9.19. The second kappa shape index (κ2) is 4.77. The molecule has 1 aliphatic rings. The Morgan fingerprint density at radius 2 is 2.07 bits per heavy atom. The summed E-state index contributed by atoms with van der Waals surface area (Å²) in [6.45, 7) is 3.44. The van der Waals surface area contributed by atoms with Crippen LogP contribution in [0.5, 0.6) is 0 Å². The number of rotatable bonds is 4. The zero-order valence-electron chi connectivity index (χ0n) is 9.19. The van der Waals surface area contributed by atoms with Crippen LogP contribution in [0.4, 0.5) is 0 Å². The average molecular weight is 214 g/mol. The van der Waals surface area contributed by atoms with Crippen LogP contribution in [-0.2, 0) is 9.53 Å². The molecule has 86 valence electrons. The van der Waals surface area contributed by atoms with E-state index in [1.54, 1.807) is 0 Å². The molecule has 0 unspecified atom stereocenters. The molecule has 0 saturated carbocycles. The van der Waals surface area contributed by atoms with E-state index in [2.05, 4.69) is 13.8 Å². The third kappa shape index (κ3) is 2.79. The number of cyclic esters (lactones) is 1. The zero-order chi connectivity index (χ0) is 11.5. The van der Waals surface area contributed by atoms with Crippen molar-refractivity contribution in [1.29, 1.82) is 0 Å². The van der Waals surface area contributed by atoms with Crippen LogP contribution in [0.15, 0.2) is 11.6 Å². The molecule has 2 N–H and O–H groups in total. The van der Waals surface area contributed by atoms with Gasteiger partial charge in [0.25, 0.3) is 0 Å². The fourth-order valence-corrected chi connectivity index (χ4v) is 1.48. The van der Waals surface area contributed by atoms with E-state index in [4.69, 9.17) is 14.9 Å². The van der Waals surface area contributed by atoms with Crippen molar-refractivity contribution >= 4 is 5.97 Å². The number of aliphatic hydroxyl groups is 2. The average Bonchev–Trinajstić information content (AvgIpc) is 2.53. The molecule has 4 nitrogen and oxygen atoms in total. The number of hydrogen-bond acceptors (Lipinski definition) is 4. The third-order valence-electron chi connectivity index (χ3n) is 2.50. The van der Waals surface area contributed by atoms with E-state index < -0.39 is 11.6 Å². The summed E-state index contributed by atoms with van der Waals surface area (Å²) in [7, 11) is 0. The molecule has 0 spiro atoms. The van der Waals surface area contributed by atoms with Crippen LogP contribution in [0.3, 0.4) is 0 Å². The van der Waals surface area contributed by atoms with Crippen LogP contribution in [-0.4, -0.2) is 35.0 Å². The summed E-state index contributed by atoms with van der Waals surface area (Å²) < 4.78 is 4.98. The smallest absolute Gasteiger partial charge is 0.334 e. The van der Waals surface area contributed by atoms with Gasteiger partial charge >= 0.3 is 5.97 Å². The Kier molecular flexibility index (Phi) is 3.88. The van der Waals surface area contributed by atoms with Gasteiger partial charge in [0.15, 0.2) is 5.60 Å². The van der Waals surface area contributed by atoms with Gasteiger partial charge in [0.1, 0.15) is 0 Å². The summed E-state index contributed by atoms with van der Waals surface area (Å²) in [5, 5.41) is 18.1. The molecule has 0 amide bonds. The standard InChI is InChI=1S/C11H18O4/c1-8(2)3-4-9-5-11(6-12,7-13)15-10(9)14/h4,8,12-13H,3,5-7H2,1-2H3/b9-4+. The topological polar surface area (TPSA) is 66.8 Å². The third-order valence-corrected chi connectivity index (χ3v) is 2.50. The van der Waals surface area contributed by atoms with Crippen LogP contribution in [0, 0.1) is 5.92 Å². The lowest BCUT2D eigenvalue weighted by atomic mass is 9.98. The molecule has 1 rings (SSSR count). The molecule has 0 atom stereocenters. The van der Waals surface area contributed by atoms with Crippen molar-refractivity contribution < 1.29 is 19.7 Å². The van der Waals surface area contributed by atoms with Gasteiger partial charge < -0.3 is 14.9 Å². The second-order valence-corrected chi connectivity index (χ2v) is 4.42. The SMILES string of the molecule is CC(C)C/C=C1\CC(CO)(CO)OC1=O. The van der Waals surface area contributed by atoms with Gasteiger partial charge in [-0.15, -0.1) is 0 Å². The quantitative estimate of drug-likeness (QED) is 0.532. The minimum Gasteiger partial charge on any atom is -0.450 e. The predicted molar refractivity (Wildman–Crippen MR) is 55.1 cm³/mol. The highest BCUT2D eigenvalue weighted by atomic mass is 16.6. The van der Waals surface area contributed by atoms with Crippen LogP contribution in [0.25, 0.3) is 0 Å². The van der Waals surface area contributed by atoms with Crippen LogP contribution in [0.2, 0.25) is 0 Å². The Balaban J connectivity index is 2.71. The van der Waals surface area contributed by atoms with Gasteiger partial charge in [0.2, 0.25) is 0 Å². The van der Waals surface area contributed by atoms with E-state index in [0.717, 1.165) is 6.42 Å². The van der Waals surface area contributed by atoms with Gasteiger partial charge in [0, 0.05) is 12.0 Å². The molecular formula is C11H18O4. The van der Waals surface area contributed by atoms with E-state index in [-0.39, 0.29) is 13.2 Å². The molecule has 0 aromatic carbocycles. The Hall–Kier alpha value is -0.870. The van der Waals surface area contributed by atoms with Crippen molar-refractivity contribution in [3.8, 4) is 0 Å². The number of carbonyl (C=O) groups excluding carboxylic acids is 1. The molecule has 1 saturated heterocycles. The molecule has 0 aromatic rings. The number of esters is 1. The van der Waals surface area contributed by atoms with Crippen LogP contribution < -0.4 is 0 Å². The first-order chi connectivity index (χ1) is 7.03. The number of carbonyl (C=O) groups is 1. The van der Waals surface area contributed by atoms with Crippen molar-refractivity contribution in [2.45, 2.75) is 32.3 Å². The van der Waals surface area contributed by atoms with Crippen LogP contribution >= 0.6 is 0 Å². The molecule has 15 heavy (non-hydrogen) atoms. The number of allylic oxidation sites excluding steroid dienone is 1. The lowest BCUT2D eigenvalue weighted by Crippen LogP contribution is -2.37. The molecule has 0 aromatic heterocycles. The van der Waals surface area contributed by atoms with Gasteiger partial charge in [-0.2, -0.15) is 0 Å². The van der Waals surface area contributed by atoms with E-state index in [9.17, 15) is 4.79 Å². The Morgan fingerprint density at radius 3 is 2.47 bits per heavy atom. The van der Waals surface area contributed by atoms with Gasteiger partial charge in [-0.25, -0.2) is 4.79 Å². The monoisotopic (exact) mass is 214 g/mol. The fraction of sp³-hybridized carbons (Fsp3) is 0.727. The van der Waals surface area contributed by atoms with Gasteiger partial charge in [-0.3, -0.25) is 0 Å². The first kappa shape index (κ1) is 12.2. The summed E-state index contributed by atoms with van der Waals surface area (Å²) in [5.74, 6) is 0.0577.